The number of rotatable bonds is 9. The summed E-state index contributed by atoms with van der Waals surface area (Å²) in [6.45, 7) is 1.77. The van der Waals surface area contributed by atoms with Gasteiger partial charge in [-0.15, -0.1) is 0 Å². The molecule has 5 rings (SSSR count). The minimum atomic E-state index is -1.11. The predicted octanol–water partition coefficient (Wildman–Crippen LogP) is 3.33. The molecule has 0 bridgehead atoms. The number of hydrogen-bond donors (Lipinski definition) is 4. The van der Waals surface area contributed by atoms with Crippen LogP contribution in [0.15, 0.2) is 73.2 Å². The first kappa shape index (κ1) is 26.2. The highest BCUT2D eigenvalue weighted by atomic mass is 19.1. The van der Waals surface area contributed by atoms with E-state index in [1.165, 1.54) is 24.3 Å². The van der Waals surface area contributed by atoms with Crippen LogP contribution in [-0.4, -0.2) is 56.4 Å². The Labute approximate surface area is 228 Å². The molecule has 5 N–H and O–H groups in total. The number of carbonyl (C=O) groups excluding carboxylic acids is 2. The predicted molar refractivity (Wildman–Crippen MR) is 149 cm³/mol. The molecule has 0 fully saturated rings. The molecule has 0 aliphatic heterocycles. The first-order valence-electron chi connectivity index (χ1n) is 12.4. The number of primary amides is 1. The van der Waals surface area contributed by atoms with E-state index in [0.29, 0.717) is 22.9 Å². The van der Waals surface area contributed by atoms with Gasteiger partial charge in [0.1, 0.15) is 11.9 Å². The topological polar surface area (TPSA) is 155 Å². The minimum Gasteiger partial charge on any atom is -0.368 e. The quantitative estimate of drug-likeness (QED) is 0.222. The fourth-order valence-corrected chi connectivity index (χ4v) is 4.12. The zero-order valence-electron chi connectivity index (χ0n) is 21.7. The zero-order chi connectivity index (χ0) is 28.2. The van der Waals surface area contributed by atoms with Gasteiger partial charge in [-0.25, -0.2) is 24.3 Å². The van der Waals surface area contributed by atoms with Crippen LogP contribution >= 0.6 is 0 Å². The molecule has 3 aromatic heterocycles. The fourth-order valence-electron chi connectivity index (χ4n) is 4.12. The third-order valence-electron chi connectivity index (χ3n) is 6.20. The van der Waals surface area contributed by atoms with Gasteiger partial charge in [-0.05, 0) is 67.1 Å². The minimum absolute atomic E-state index is 0.0756. The second-order valence-electron chi connectivity index (χ2n) is 9.08. The Kier molecular flexibility index (Phi) is 7.31. The Balaban J connectivity index is 1.39. The Morgan fingerprint density at radius 1 is 1.05 bits per heavy atom. The van der Waals surface area contributed by atoms with E-state index in [1.807, 2.05) is 13.0 Å². The van der Waals surface area contributed by atoms with Gasteiger partial charge in [0.05, 0.1) is 17.9 Å². The van der Waals surface area contributed by atoms with Crippen molar-refractivity contribution in [1.29, 1.82) is 0 Å². The molecule has 12 heteroatoms. The zero-order valence-corrected chi connectivity index (χ0v) is 21.7. The van der Waals surface area contributed by atoms with Crippen molar-refractivity contribution in [2.45, 2.75) is 13.0 Å². The van der Waals surface area contributed by atoms with E-state index in [-0.39, 0.29) is 12.5 Å². The largest absolute Gasteiger partial charge is 0.368 e. The van der Waals surface area contributed by atoms with Crippen LogP contribution in [0.5, 0.6) is 0 Å². The number of fused-ring (bicyclic) bond motifs is 1. The van der Waals surface area contributed by atoms with Gasteiger partial charge < -0.3 is 26.3 Å². The number of benzene rings is 2. The molecule has 0 aliphatic carbocycles. The van der Waals surface area contributed by atoms with Crippen LogP contribution in [0, 0.1) is 12.7 Å². The first-order chi connectivity index (χ1) is 19.3. The highest BCUT2D eigenvalue weighted by Gasteiger charge is 2.25. The van der Waals surface area contributed by atoms with Crippen molar-refractivity contribution < 1.29 is 14.0 Å². The van der Waals surface area contributed by atoms with Crippen molar-refractivity contribution in [1.82, 2.24) is 30.2 Å². The monoisotopic (exact) mass is 539 g/mol. The number of carbonyl (C=O) groups is 2. The van der Waals surface area contributed by atoms with E-state index < -0.39 is 23.7 Å². The maximum atomic E-state index is 13.6. The Hall–Kier alpha value is -5.39. The summed E-state index contributed by atoms with van der Waals surface area (Å²) >= 11 is 0. The molecule has 11 nitrogen and oxygen atoms in total. The van der Waals surface area contributed by atoms with Gasteiger partial charge in [-0.1, -0.05) is 0 Å². The van der Waals surface area contributed by atoms with E-state index in [1.54, 1.807) is 54.8 Å². The number of nitrogens with two attached hydrogens (primary N) is 1. The summed E-state index contributed by atoms with van der Waals surface area (Å²) in [5.41, 5.74) is 9.65. The fraction of sp³-hybridized carbons (Fsp3) is 0.143. The van der Waals surface area contributed by atoms with Crippen LogP contribution in [0.1, 0.15) is 15.9 Å². The molecule has 2 aromatic carbocycles. The van der Waals surface area contributed by atoms with Gasteiger partial charge in [0.25, 0.3) is 5.91 Å². The number of halogens is 1. The van der Waals surface area contributed by atoms with Gasteiger partial charge in [0, 0.05) is 47.8 Å². The molecule has 5 aromatic rings. The highest BCUT2D eigenvalue weighted by Crippen LogP contribution is 2.25. The molecule has 0 radical (unpaired) electrons. The van der Waals surface area contributed by atoms with Gasteiger partial charge >= 0.3 is 0 Å². The summed E-state index contributed by atoms with van der Waals surface area (Å²) in [7, 11) is 1.74. The molecule has 0 saturated heterocycles. The lowest BCUT2D eigenvalue weighted by Crippen LogP contribution is -2.50. The van der Waals surface area contributed by atoms with Crippen molar-refractivity contribution >= 4 is 40.3 Å². The lowest BCUT2D eigenvalue weighted by atomic mass is 10.1. The third kappa shape index (κ3) is 5.70. The van der Waals surface area contributed by atoms with E-state index in [4.69, 9.17) is 5.73 Å². The molecule has 3 heterocycles. The summed E-state index contributed by atoms with van der Waals surface area (Å²) in [6, 6.07) is 13.3. The molecular weight excluding hydrogens is 513 g/mol. The number of aromatic amines is 1. The molecule has 0 aliphatic rings. The van der Waals surface area contributed by atoms with Crippen molar-refractivity contribution in [2.24, 2.45) is 5.73 Å². The average Bonchev–Trinajstić information content (AvgIpc) is 3.40. The van der Waals surface area contributed by atoms with Gasteiger partial charge in [0.15, 0.2) is 0 Å². The Bertz CT molecular complexity index is 1620. The van der Waals surface area contributed by atoms with Crippen molar-refractivity contribution in [3.05, 3.63) is 90.1 Å². The van der Waals surface area contributed by atoms with Crippen LogP contribution in [-0.2, 0) is 4.79 Å². The number of anilines is 3. The van der Waals surface area contributed by atoms with Gasteiger partial charge in [-0.3, -0.25) is 9.59 Å². The molecule has 2 amide bonds. The second kappa shape index (κ2) is 11.2. The molecule has 1 atom stereocenters. The van der Waals surface area contributed by atoms with Crippen LogP contribution in [0.25, 0.3) is 22.3 Å². The van der Waals surface area contributed by atoms with Gasteiger partial charge in [0.2, 0.25) is 17.8 Å². The van der Waals surface area contributed by atoms with Crippen LogP contribution < -0.4 is 21.3 Å². The molecule has 40 heavy (non-hydrogen) atoms. The summed E-state index contributed by atoms with van der Waals surface area (Å²) in [5, 5.41) is 6.41. The smallest absolute Gasteiger partial charge is 0.252 e. The van der Waals surface area contributed by atoms with E-state index in [0.717, 1.165) is 22.2 Å². The summed E-state index contributed by atoms with van der Waals surface area (Å²) in [4.78, 5) is 47.8. The van der Waals surface area contributed by atoms with Crippen LogP contribution in [0.2, 0.25) is 0 Å². The lowest BCUT2D eigenvalue weighted by Gasteiger charge is -2.27. The normalized spacial score (nSPS) is 11.7. The SMILES string of the molecule is CNc1nccc(-c2cc3cc(C(=O)NC(CN(c4ccc(F)cc4)c4ncc(C)cn4)C(N)=O)ccc3[nH]2)n1. The number of aryl methyl sites for hydroxylation is 1. The number of hydrogen-bond acceptors (Lipinski definition) is 8. The molecule has 0 spiro atoms. The second-order valence-corrected chi connectivity index (χ2v) is 9.08. The lowest BCUT2D eigenvalue weighted by molar-refractivity contribution is -0.119. The number of H-pyrrole nitrogens is 1. The number of amides is 2. The third-order valence-corrected chi connectivity index (χ3v) is 6.20. The van der Waals surface area contributed by atoms with Crippen LogP contribution in [0.4, 0.5) is 22.0 Å². The highest BCUT2D eigenvalue weighted by molar-refractivity contribution is 6.01. The number of aromatic nitrogens is 5. The van der Waals surface area contributed by atoms with E-state index in [2.05, 4.69) is 35.6 Å². The maximum absolute atomic E-state index is 13.6. The number of nitrogens with one attached hydrogen (secondary N) is 3. The molecule has 202 valence electrons. The molecule has 1 unspecified atom stereocenters. The van der Waals surface area contributed by atoms with Gasteiger partial charge in [-0.2, -0.15) is 0 Å². The Morgan fingerprint density at radius 2 is 1.80 bits per heavy atom. The standard InChI is InChI=1S/C28H26FN9O2/c1-16-13-33-28(34-14-16)38(20-6-4-19(29)5-7-20)15-24(25(30)39)36-26(40)17-3-8-21-18(11-17)12-23(35-21)22-9-10-32-27(31-2)37-22/h3-14,24,35H,15H2,1-2H3,(H2,30,39)(H,36,40)(H,31,32,37). The summed E-state index contributed by atoms with van der Waals surface area (Å²) in [6.07, 6.45) is 4.90. The van der Waals surface area contributed by atoms with E-state index in [9.17, 15) is 14.0 Å². The first-order valence-corrected chi connectivity index (χ1v) is 12.4. The van der Waals surface area contributed by atoms with Crippen LogP contribution in [0.3, 0.4) is 0 Å². The molecular formula is C28H26FN9O2. The average molecular weight is 540 g/mol. The van der Waals surface area contributed by atoms with Crippen molar-refractivity contribution in [2.75, 3.05) is 23.8 Å². The van der Waals surface area contributed by atoms with Crippen molar-refractivity contribution in [3.8, 4) is 11.4 Å². The molecule has 0 saturated carbocycles. The summed E-state index contributed by atoms with van der Waals surface area (Å²) < 4.78 is 13.6. The maximum Gasteiger partial charge on any atom is 0.252 e. The Morgan fingerprint density at radius 3 is 2.50 bits per heavy atom. The summed E-state index contributed by atoms with van der Waals surface area (Å²) in [5.74, 6) is -0.901. The van der Waals surface area contributed by atoms with E-state index >= 15 is 0 Å². The van der Waals surface area contributed by atoms with Crippen molar-refractivity contribution in [3.63, 3.8) is 0 Å². The number of nitrogens with zero attached hydrogens (tertiary/aromatic N) is 5.